The molecule has 10 nitrogen and oxygen atoms in total. The van der Waals surface area contributed by atoms with Crippen LogP contribution in [0, 0.1) is 0 Å². The molecule has 0 aromatic heterocycles. The third kappa shape index (κ3) is 12.1. The lowest BCUT2D eigenvalue weighted by Crippen LogP contribution is -2.48. The fraction of sp³-hybridized carbons (Fsp3) is 1.00. The Morgan fingerprint density at radius 2 is 1.50 bits per heavy atom. The second-order valence-electron chi connectivity index (χ2n) is 3.36. The first kappa shape index (κ1) is 17.7. The lowest BCUT2D eigenvalue weighted by Gasteiger charge is -2.31. The summed E-state index contributed by atoms with van der Waals surface area (Å²) in [6.45, 7) is 4.64. The molecular weight excluding hydrogens is 292 g/mol. The van der Waals surface area contributed by atoms with E-state index in [1.165, 1.54) is 0 Å². The largest absolute Gasteiger partial charge is 0.398 e. The first-order valence-corrected chi connectivity index (χ1v) is 7.55. The smallest absolute Gasteiger partial charge is 0.314 e. The summed E-state index contributed by atoms with van der Waals surface area (Å²) >= 11 is 0. The lowest BCUT2D eigenvalue weighted by molar-refractivity contribution is 0.0277. The number of nitrogens with zero attached hydrogens (tertiary/aromatic N) is 1. The number of nitrogens with one attached hydrogen (secondary N) is 1. The van der Waals surface area contributed by atoms with Gasteiger partial charge in [0, 0.05) is 26.2 Å². The van der Waals surface area contributed by atoms with E-state index in [9.17, 15) is 8.42 Å². The summed E-state index contributed by atoms with van der Waals surface area (Å²) in [6.07, 6.45) is -0.600. The highest BCUT2D eigenvalue weighted by molar-refractivity contribution is 7.81. The van der Waals surface area contributed by atoms with Gasteiger partial charge in [0.15, 0.2) is 0 Å². The highest BCUT2D eigenvalue weighted by atomic mass is 32.3. The number of hydrogen-bond donors (Lipinski definition) is 4. The molecule has 1 rings (SSSR count). The van der Waals surface area contributed by atoms with Crippen LogP contribution in [0.25, 0.3) is 0 Å². The molecule has 0 aromatic rings. The van der Waals surface area contributed by atoms with Crippen LogP contribution < -0.4 is 5.32 Å². The summed E-state index contributed by atoms with van der Waals surface area (Å²) in [6, 6.07) is 0. The van der Waals surface area contributed by atoms with Gasteiger partial charge in [-0.25, -0.2) is 4.18 Å². The van der Waals surface area contributed by atoms with Crippen molar-refractivity contribution in [3.63, 3.8) is 0 Å². The zero-order valence-electron chi connectivity index (χ0n) is 9.55. The summed E-state index contributed by atoms with van der Waals surface area (Å²) in [5.74, 6) is 0. The molecule has 0 saturated carbocycles. The fourth-order valence-electron chi connectivity index (χ4n) is 1.28. The Morgan fingerprint density at radius 1 is 1.11 bits per heavy atom. The van der Waals surface area contributed by atoms with E-state index in [1.807, 2.05) is 4.90 Å². The Labute approximate surface area is 105 Å². The zero-order valence-corrected chi connectivity index (χ0v) is 11.2. The molecule has 0 radical (unpaired) electrons. The molecule has 0 aromatic carbocycles. The molecule has 1 atom stereocenters. The van der Waals surface area contributed by atoms with Gasteiger partial charge in [-0.15, -0.1) is 0 Å². The maximum absolute atomic E-state index is 10.4. The molecule has 18 heavy (non-hydrogen) atoms. The van der Waals surface area contributed by atoms with Gasteiger partial charge in [-0.05, 0) is 6.92 Å². The molecular formula is C6H16N2O8S2. The molecule has 4 N–H and O–H groups in total. The molecule has 0 amide bonds. The monoisotopic (exact) mass is 308 g/mol. The van der Waals surface area contributed by atoms with Gasteiger partial charge < -0.3 is 5.32 Å². The van der Waals surface area contributed by atoms with Crippen LogP contribution in [0.2, 0.25) is 0 Å². The molecule has 1 fully saturated rings. The normalized spacial score (nSPS) is 19.8. The van der Waals surface area contributed by atoms with Crippen LogP contribution in [0.5, 0.6) is 0 Å². The van der Waals surface area contributed by atoms with Crippen molar-refractivity contribution < 1.29 is 34.7 Å². The average molecular weight is 308 g/mol. The number of piperazine rings is 1. The molecule has 1 unspecified atom stereocenters. The van der Waals surface area contributed by atoms with Crippen molar-refractivity contribution in [2.45, 2.75) is 13.2 Å². The summed E-state index contributed by atoms with van der Waals surface area (Å²) < 4.78 is 65.2. The number of hydrogen-bond acceptors (Lipinski definition) is 7. The van der Waals surface area contributed by atoms with E-state index >= 15 is 0 Å². The molecule has 1 saturated heterocycles. The van der Waals surface area contributed by atoms with Crippen molar-refractivity contribution in [2.24, 2.45) is 0 Å². The van der Waals surface area contributed by atoms with Crippen molar-refractivity contribution in [2.75, 3.05) is 26.2 Å². The minimum atomic E-state index is -4.67. The van der Waals surface area contributed by atoms with E-state index in [4.69, 9.17) is 22.1 Å². The van der Waals surface area contributed by atoms with Crippen LogP contribution in [0.3, 0.4) is 0 Å². The van der Waals surface area contributed by atoms with Crippen molar-refractivity contribution in [3.8, 4) is 0 Å². The van der Waals surface area contributed by atoms with E-state index < -0.39 is 27.0 Å². The van der Waals surface area contributed by atoms with Crippen LogP contribution >= 0.6 is 0 Å². The first-order valence-electron chi connectivity index (χ1n) is 4.79. The summed E-state index contributed by atoms with van der Waals surface area (Å²) in [5, 5.41) is 3.12. The summed E-state index contributed by atoms with van der Waals surface area (Å²) in [4.78, 5) is 1.84. The molecule has 12 heteroatoms. The van der Waals surface area contributed by atoms with E-state index in [1.54, 1.807) is 6.92 Å². The Balaban J connectivity index is 0.000000494. The van der Waals surface area contributed by atoms with Crippen molar-refractivity contribution >= 4 is 20.8 Å². The van der Waals surface area contributed by atoms with Gasteiger partial charge >= 0.3 is 20.8 Å². The van der Waals surface area contributed by atoms with Gasteiger partial charge in [-0.1, -0.05) is 0 Å². The fourth-order valence-corrected chi connectivity index (χ4v) is 1.76. The predicted molar refractivity (Wildman–Crippen MR) is 60.7 cm³/mol. The van der Waals surface area contributed by atoms with Crippen LogP contribution in [-0.4, -0.2) is 67.8 Å². The van der Waals surface area contributed by atoms with Gasteiger partial charge in [-0.3, -0.25) is 18.6 Å². The van der Waals surface area contributed by atoms with Gasteiger partial charge in [0.2, 0.25) is 0 Å². The molecule has 1 aliphatic heterocycles. The molecule has 0 aliphatic carbocycles. The molecule has 0 bridgehead atoms. The second kappa shape index (κ2) is 7.30. The zero-order chi connectivity index (χ0) is 14.4. The molecule has 0 spiro atoms. The minimum absolute atomic E-state index is 0.600. The van der Waals surface area contributed by atoms with Crippen LogP contribution in [-0.2, 0) is 25.0 Å². The van der Waals surface area contributed by atoms with E-state index in [0.717, 1.165) is 26.2 Å². The molecule has 1 aliphatic rings. The Hall–Kier alpha value is -0.340. The molecule has 110 valence electrons. The van der Waals surface area contributed by atoms with E-state index in [2.05, 4.69) is 9.50 Å². The SMILES string of the molecule is CC(OS(=O)(=O)O)N1CCNCC1.O=S(=O)(O)O. The summed E-state index contributed by atoms with van der Waals surface area (Å²) in [7, 11) is -9.00. The third-order valence-electron chi connectivity index (χ3n) is 1.93. The predicted octanol–water partition coefficient (Wildman–Crippen LogP) is -1.60. The van der Waals surface area contributed by atoms with E-state index in [0.29, 0.717) is 0 Å². The van der Waals surface area contributed by atoms with Crippen LogP contribution in [0.15, 0.2) is 0 Å². The standard InChI is InChI=1S/C6H14N2O4S.H2O4S/c1-6(12-13(9,10)11)8-4-2-7-3-5-8;1-5(2,3)4/h6-7H,2-5H2,1H3,(H,9,10,11);(H2,1,2,3,4). The van der Waals surface area contributed by atoms with Crippen LogP contribution in [0.4, 0.5) is 0 Å². The highest BCUT2D eigenvalue weighted by Crippen LogP contribution is 2.04. The van der Waals surface area contributed by atoms with Crippen molar-refractivity contribution in [1.29, 1.82) is 0 Å². The second-order valence-corrected chi connectivity index (χ2v) is 5.30. The quantitative estimate of drug-likeness (QED) is 0.448. The minimum Gasteiger partial charge on any atom is -0.314 e. The van der Waals surface area contributed by atoms with Crippen molar-refractivity contribution in [1.82, 2.24) is 10.2 Å². The van der Waals surface area contributed by atoms with Gasteiger partial charge in [-0.2, -0.15) is 16.8 Å². The summed E-state index contributed by atoms with van der Waals surface area (Å²) in [5.41, 5.74) is 0. The van der Waals surface area contributed by atoms with Crippen molar-refractivity contribution in [3.05, 3.63) is 0 Å². The maximum Gasteiger partial charge on any atom is 0.398 e. The topological polar surface area (TPSA) is 153 Å². The Bertz CT molecular complexity index is 419. The first-order chi connectivity index (χ1) is 7.99. The third-order valence-corrected chi connectivity index (χ3v) is 2.45. The number of rotatable bonds is 3. The lowest BCUT2D eigenvalue weighted by atomic mass is 10.3. The Morgan fingerprint density at radius 3 is 1.83 bits per heavy atom. The van der Waals surface area contributed by atoms with Gasteiger partial charge in [0.05, 0.1) is 0 Å². The molecule has 1 heterocycles. The Kier molecular flexibility index (Phi) is 7.16. The van der Waals surface area contributed by atoms with Crippen LogP contribution in [0.1, 0.15) is 6.92 Å². The average Bonchev–Trinajstić information content (AvgIpc) is 2.14. The van der Waals surface area contributed by atoms with Gasteiger partial charge in [0.25, 0.3) is 0 Å². The highest BCUT2D eigenvalue weighted by Gasteiger charge is 2.21. The van der Waals surface area contributed by atoms with E-state index in [-0.39, 0.29) is 0 Å². The van der Waals surface area contributed by atoms with Gasteiger partial charge in [0.1, 0.15) is 6.23 Å². The maximum atomic E-state index is 10.4.